The third kappa shape index (κ3) is 4.34. The standard InChI is InChI=1S/C16H26O2/c1-4-6-9-12-16(3,17)14-10-7-8-11-15(14)18-13-5-2/h7-8,10-11,17H,4-6,9,12-13H2,1-3H3. The summed E-state index contributed by atoms with van der Waals surface area (Å²) >= 11 is 0. The smallest absolute Gasteiger partial charge is 0.125 e. The maximum atomic E-state index is 10.6. The van der Waals surface area contributed by atoms with Crippen LogP contribution in [0.4, 0.5) is 0 Å². The highest BCUT2D eigenvalue weighted by Crippen LogP contribution is 2.33. The molecule has 1 aromatic carbocycles. The Balaban J connectivity index is 2.78. The molecule has 0 amide bonds. The van der Waals surface area contributed by atoms with E-state index < -0.39 is 5.60 Å². The first-order valence-corrected chi connectivity index (χ1v) is 7.06. The van der Waals surface area contributed by atoms with Crippen LogP contribution >= 0.6 is 0 Å². The van der Waals surface area contributed by atoms with Gasteiger partial charge in [-0.15, -0.1) is 0 Å². The third-order valence-electron chi connectivity index (χ3n) is 3.20. The van der Waals surface area contributed by atoms with E-state index in [2.05, 4.69) is 13.8 Å². The number of aliphatic hydroxyl groups is 1. The molecule has 102 valence electrons. The zero-order chi connectivity index (χ0) is 13.4. The fourth-order valence-electron chi connectivity index (χ4n) is 2.10. The predicted octanol–water partition coefficient (Wildman–Crippen LogP) is 4.26. The Morgan fingerprint density at radius 3 is 2.50 bits per heavy atom. The minimum absolute atomic E-state index is 0.696. The summed E-state index contributed by atoms with van der Waals surface area (Å²) < 4.78 is 5.72. The lowest BCUT2D eigenvalue weighted by Gasteiger charge is -2.26. The highest BCUT2D eigenvalue weighted by atomic mass is 16.5. The molecule has 1 N–H and O–H groups in total. The van der Waals surface area contributed by atoms with Gasteiger partial charge in [-0.2, -0.15) is 0 Å². The van der Waals surface area contributed by atoms with Crippen molar-refractivity contribution in [2.24, 2.45) is 0 Å². The largest absolute Gasteiger partial charge is 0.493 e. The molecule has 1 atom stereocenters. The summed E-state index contributed by atoms with van der Waals surface area (Å²) in [5, 5.41) is 10.6. The fourth-order valence-corrected chi connectivity index (χ4v) is 2.10. The van der Waals surface area contributed by atoms with Gasteiger partial charge in [-0.1, -0.05) is 51.3 Å². The van der Waals surface area contributed by atoms with Crippen molar-refractivity contribution >= 4 is 0 Å². The minimum Gasteiger partial charge on any atom is -0.493 e. The van der Waals surface area contributed by atoms with E-state index in [9.17, 15) is 5.11 Å². The van der Waals surface area contributed by atoms with Crippen LogP contribution in [0.1, 0.15) is 58.4 Å². The first-order chi connectivity index (χ1) is 8.61. The van der Waals surface area contributed by atoms with E-state index in [1.54, 1.807) is 0 Å². The second kappa shape index (κ2) is 7.42. The maximum Gasteiger partial charge on any atom is 0.125 e. The summed E-state index contributed by atoms with van der Waals surface area (Å²) in [4.78, 5) is 0. The molecule has 0 aliphatic heterocycles. The molecule has 0 aliphatic rings. The molecular weight excluding hydrogens is 224 g/mol. The van der Waals surface area contributed by atoms with E-state index >= 15 is 0 Å². The maximum absolute atomic E-state index is 10.6. The van der Waals surface area contributed by atoms with E-state index in [1.807, 2.05) is 31.2 Å². The van der Waals surface area contributed by atoms with Crippen LogP contribution in [0.5, 0.6) is 5.75 Å². The van der Waals surface area contributed by atoms with Crippen LogP contribution in [0.25, 0.3) is 0 Å². The number of hydrogen-bond donors (Lipinski definition) is 1. The molecule has 1 aromatic rings. The molecule has 0 saturated carbocycles. The SMILES string of the molecule is CCCCCC(C)(O)c1ccccc1OCCC. The highest BCUT2D eigenvalue weighted by Gasteiger charge is 2.25. The first-order valence-electron chi connectivity index (χ1n) is 7.06. The van der Waals surface area contributed by atoms with E-state index in [-0.39, 0.29) is 0 Å². The number of para-hydroxylation sites is 1. The monoisotopic (exact) mass is 250 g/mol. The number of benzene rings is 1. The Morgan fingerprint density at radius 2 is 1.83 bits per heavy atom. The lowest BCUT2D eigenvalue weighted by atomic mass is 9.89. The molecule has 1 unspecified atom stereocenters. The van der Waals surface area contributed by atoms with Crippen molar-refractivity contribution in [2.45, 2.75) is 58.5 Å². The molecule has 0 aromatic heterocycles. The van der Waals surface area contributed by atoms with E-state index in [1.165, 1.54) is 6.42 Å². The molecule has 1 rings (SSSR count). The van der Waals surface area contributed by atoms with Crippen LogP contribution in [0, 0.1) is 0 Å². The quantitative estimate of drug-likeness (QED) is 0.698. The summed E-state index contributed by atoms with van der Waals surface area (Å²) in [7, 11) is 0. The summed E-state index contributed by atoms with van der Waals surface area (Å²) in [5.41, 5.74) is 0.119. The molecule has 2 nitrogen and oxygen atoms in total. The van der Waals surface area contributed by atoms with E-state index in [0.29, 0.717) is 6.61 Å². The van der Waals surface area contributed by atoms with Gasteiger partial charge in [0.2, 0.25) is 0 Å². The molecular formula is C16H26O2. The van der Waals surface area contributed by atoms with Gasteiger partial charge in [0, 0.05) is 5.56 Å². The van der Waals surface area contributed by atoms with Gasteiger partial charge in [0.25, 0.3) is 0 Å². The molecule has 0 fully saturated rings. The summed E-state index contributed by atoms with van der Waals surface area (Å²) in [6.45, 7) is 6.84. The van der Waals surface area contributed by atoms with Gasteiger partial charge in [-0.05, 0) is 25.8 Å². The van der Waals surface area contributed by atoms with Crippen molar-refractivity contribution in [2.75, 3.05) is 6.61 Å². The average Bonchev–Trinajstić information content (AvgIpc) is 2.37. The highest BCUT2D eigenvalue weighted by molar-refractivity contribution is 5.37. The van der Waals surface area contributed by atoms with Crippen LogP contribution in [0.15, 0.2) is 24.3 Å². The normalized spacial score (nSPS) is 14.2. The zero-order valence-corrected chi connectivity index (χ0v) is 11.9. The van der Waals surface area contributed by atoms with Crippen LogP contribution in [-0.2, 0) is 5.60 Å². The number of rotatable bonds is 8. The van der Waals surface area contributed by atoms with Gasteiger partial charge in [0.1, 0.15) is 5.75 Å². The summed E-state index contributed by atoms with van der Waals surface area (Å²) in [5.74, 6) is 0.820. The van der Waals surface area contributed by atoms with Crippen LogP contribution < -0.4 is 4.74 Å². The van der Waals surface area contributed by atoms with Crippen molar-refractivity contribution in [1.29, 1.82) is 0 Å². The van der Waals surface area contributed by atoms with Gasteiger partial charge in [0.15, 0.2) is 0 Å². The Morgan fingerprint density at radius 1 is 1.11 bits per heavy atom. The lowest BCUT2D eigenvalue weighted by Crippen LogP contribution is -2.22. The predicted molar refractivity (Wildman–Crippen MR) is 75.9 cm³/mol. The van der Waals surface area contributed by atoms with Gasteiger partial charge in [-0.3, -0.25) is 0 Å². The van der Waals surface area contributed by atoms with Crippen LogP contribution in [0.2, 0.25) is 0 Å². The van der Waals surface area contributed by atoms with E-state index in [4.69, 9.17) is 4.74 Å². The van der Waals surface area contributed by atoms with Gasteiger partial charge < -0.3 is 9.84 Å². The molecule has 0 bridgehead atoms. The van der Waals surface area contributed by atoms with Gasteiger partial charge >= 0.3 is 0 Å². The zero-order valence-electron chi connectivity index (χ0n) is 11.9. The number of ether oxygens (including phenoxy) is 1. The Kier molecular flexibility index (Phi) is 6.20. The molecule has 0 saturated heterocycles. The van der Waals surface area contributed by atoms with E-state index in [0.717, 1.165) is 37.0 Å². The summed E-state index contributed by atoms with van der Waals surface area (Å²) in [6.07, 6.45) is 5.14. The number of hydrogen-bond acceptors (Lipinski definition) is 2. The van der Waals surface area contributed by atoms with Gasteiger partial charge in [0.05, 0.1) is 12.2 Å². The molecule has 2 heteroatoms. The minimum atomic E-state index is -0.792. The van der Waals surface area contributed by atoms with Crippen molar-refractivity contribution in [3.63, 3.8) is 0 Å². The molecule has 0 aliphatic carbocycles. The topological polar surface area (TPSA) is 29.5 Å². The second-order valence-corrected chi connectivity index (χ2v) is 5.08. The first kappa shape index (κ1) is 15.0. The lowest BCUT2D eigenvalue weighted by molar-refractivity contribution is 0.0418. The Labute approximate surface area is 111 Å². The van der Waals surface area contributed by atoms with Crippen molar-refractivity contribution in [3.05, 3.63) is 29.8 Å². The molecule has 18 heavy (non-hydrogen) atoms. The summed E-state index contributed by atoms with van der Waals surface area (Å²) in [6, 6.07) is 7.83. The average molecular weight is 250 g/mol. The van der Waals surface area contributed by atoms with Crippen LogP contribution in [-0.4, -0.2) is 11.7 Å². The molecule has 0 spiro atoms. The van der Waals surface area contributed by atoms with Gasteiger partial charge in [-0.25, -0.2) is 0 Å². The van der Waals surface area contributed by atoms with Crippen molar-refractivity contribution < 1.29 is 9.84 Å². The fraction of sp³-hybridized carbons (Fsp3) is 0.625. The van der Waals surface area contributed by atoms with Crippen molar-refractivity contribution in [3.8, 4) is 5.75 Å². The second-order valence-electron chi connectivity index (χ2n) is 5.08. The molecule has 0 radical (unpaired) electrons. The van der Waals surface area contributed by atoms with Crippen molar-refractivity contribution in [1.82, 2.24) is 0 Å². The third-order valence-corrected chi connectivity index (χ3v) is 3.20. The Hall–Kier alpha value is -1.02. The van der Waals surface area contributed by atoms with Crippen LogP contribution in [0.3, 0.4) is 0 Å². The number of unbranched alkanes of at least 4 members (excludes halogenated alkanes) is 2. The molecule has 0 heterocycles. The Bertz CT molecular complexity index is 345.